The van der Waals surface area contributed by atoms with Crippen molar-refractivity contribution in [3.05, 3.63) is 77.6 Å². The number of benzene rings is 2. The maximum atomic E-state index is 12.8. The number of hydrogen-bond donors (Lipinski definition) is 2. The summed E-state index contributed by atoms with van der Waals surface area (Å²) in [6, 6.07) is 17.7. The Morgan fingerprint density at radius 3 is 2.27 bits per heavy atom. The molecule has 0 saturated heterocycles. The predicted molar refractivity (Wildman–Crippen MR) is 101 cm³/mol. The Hall–Kier alpha value is -3.41. The van der Waals surface area contributed by atoms with Gasteiger partial charge in [-0.3, -0.25) is 9.59 Å². The van der Waals surface area contributed by atoms with E-state index < -0.39 is 5.91 Å². The lowest BCUT2D eigenvalue weighted by Gasteiger charge is -2.08. The zero-order valence-electron chi connectivity index (χ0n) is 14.6. The van der Waals surface area contributed by atoms with Gasteiger partial charge in [0, 0.05) is 11.3 Å². The van der Waals surface area contributed by atoms with E-state index in [9.17, 15) is 9.59 Å². The molecule has 2 amide bonds. The number of carbonyl (C=O) groups is 2. The van der Waals surface area contributed by atoms with Crippen LogP contribution < -0.4 is 11.1 Å². The summed E-state index contributed by atoms with van der Waals surface area (Å²) >= 11 is 0. The molecule has 1 heterocycles. The van der Waals surface area contributed by atoms with Crippen molar-refractivity contribution in [2.75, 3.05) is 5.32 Å². The molecule has 0 radical (unpaired) electrons. The lowest BCUT2D eigenvalue weighted by molar-refractivity contribution is 0.0997. The zero-order valence-corrected chi connectivity index (χ0v) is 14.6. The molecule has 0 bridgehead atoms. The van der Waals surface area contributed by atoms with Crippen LogP contribution in [0.25, 0.3) is 5.69 Å². The highest BCUT2D eigenvalue weighted by molar-refractivity contribution is 6.04. The van der Waals surface area contributed by atoms with E-state index in [1.54, 1.807) is 35.0 Å². The van der Waals surface area contributed by atoms with Gasteiger partial charge in [-0.1, -0.05) is 32.0 Å². The second-order valence-electron chi connectivity index (χ2n) is 6.25. The average molecular weight is 348 g/mol. The van der Waals surface area contributed by atoms with Crippen molar-refractivity contribution in [3.8, 4) is 5.69 Å². The van der Waals surface area contributed by atoms with E-state index in [0.717, 1.165) is 11.4 Å². The van der Waals surface area contributed by atoms with E-state index in [1.807, 2.05) is 44.2 Å². The number of aromatic nitrogens is 2. The molecule has 0 saturated carbocycles. The molecule has 0 spiro atoms. The van der Waals surface area contributed by atoms with Crippen molar-refractivity contribution in [1.82, 2.24) is 9.78 Å². The molecule has 0 atom stereocenters. The Morgan fingerprint density at radius 1 is 1.04 bits per heavy atom. The van der Waals surface area contributed by atoms with Gasteiger partial charge in [0.1, 0.15) is 5.69 Å². The minimum Gasteiger partial charge on any atom is -0.366 e. The van der Waals surface area contributed by atoms with Crippen molar-refractivity contribution < 1.29 is 9.59 Å². The molecule has 0 fully saturated rings. The Morgan fingerprint density at radius 2 is 1.69 bits per heavy atom. The standard InChI is InChI=1S/C20H20N4O2/c1-13(2)17-12-18(24(23-17)16-6-4-3-5-7-16)20(26)22-15-10-8-14(9-11-15)19(21)25/h3-13H,1-2H3,(H2,21,25)(H,22,26). The van der Waals surface area contributed by atoms with Crippen LogP contribution in [0.5, 0.6) is 0 Å². The van der Waals surface area contributed by atoms with Crippen LogP contribution in [0.3, 0.4) is 0 Å². The van der Waals surface area contributed by atoms with Gasteiger partial charge in [-0.2, -0.15) is 5.10 Å². The Labute approximate surface area is 151 Å². The van der Waals surface area contributed by atoms with Gasteiger partial charge in [0.25, 0.3) is 5.91 Å². The average Bonchev–Trinajstić information content (AvgIpc) is 3.09. The molecule has 132 valence electrons. The molecule has 0 aliphatic carbocycles. The van der Waals surface area contributed by atoms with Crippen molar-refractivity contribution >= 4 is 17.5 Å². The third-order valence-electron chi connectivity index (χ3n) is 3.98. The molecular formula is C20H20N4O2. The van der Waals surface area contributed by atoms with Crippen molar-refractivity contribution in [1.29, 1.82) is 0 Å². The van der Waals surface area contributed by atoms with E-state index >= 15 is 0 Å². The molecule has 3 N–H and O–H groups in total. The molecule has 0 aliphatic heterocycles. The van der Waals surface area contributed by atoms with Crippen molar-refractivity contribution in [2.24, 2.45) is 5.73 Å². The maximum absolute atomic E-state index is 12.8. The van der Waals surface area contributed by atoms with E-state index in [4.69, 9.17) is 5.73 Å². The third kappa shape index (κ3) is 3.64. The number of carbonyl (C=O) groups excluding carboxylic acids is 2. The third-order valence-corrected chi connectivity index (χ3v) is 3.98. The number of primary amides is 1. The summed E-state index contributed by atoms with van der Waals surface area (Å²) in [4.78, 5) is 23.9. The van der Waals surface area contributed by atoms with Crippen LogP contribution in [0.1, 0.15) is 46.3 Å². The first kappa shape index (κ1) is 17.4. The summed E-state index contributed by atoms with van der Waals surface area (Å²) in [7, 11) is 0. The summed E-state index contributed by atoms with van der Waals surface area (Å²) in [5, 5.41) is 7.41. The van der Waals surface area contributed by atoms with E-state index in [2.05, 4.69) is 10.4 Å². The quantitative estimate of drug-likeness (QED) is 0.741. The summed E-state index contributed by atoms with van der Waals surface area (Å²) in [5.41, 5.74) is 8.29. The van der Waals surface area contributed by atoms with Gasteiger partial charge < -0.3 is 11.1 Å². The Kier molecular flexibility index (Phi) is 4.84. The fraction of sp³-hybridized carbons (Fsp3) is 0.150. The van der Waals surface area contributed by atoms with Gasteiger partial charge in [0.15, 0.2) is 0 Å². The number of rotatable bonds is 5. The predicted octanol–water partition coefficient (Wildman–Crippen LogP) is 3.35. The minimum atomic E-state index is -0.508. The smallest absolute Gasteiger partial charge is 0.274 e. The number of anilines is 1. The molecular weight excluding hydrogens is 328 g/mol. The second kappa shape index (κ2) is 7.23. The Bertz CT molecular complexity index is 928. The molecule has 6 heteroatoms. The fourth-order valence-electron chi connectivity index (χ4n) is 2.52. The number of amides is 2. The van der Waals surface area contributed by atoms with Gasteiger partial charge >= 0.3 is 0 Å². The largest absolute Gasteiger partial charge is 0.366 e. The van der Waals surface area contributed by atoms with Gasteiger partial charge in [0.05, 0.1) is 11.4 Å². The van der Waals surface area contributed by atoms with Gasteiger partial charge in [0.2, 0.25) is 5.91 Å². The molecule has 0 unspecified atom stereocenters. The maximum Gasteiger partial charge on any atom is 0.274 e. The first-order valence-electron chi connectivity index (χ1n) is 8.32. The van der Waals surface area contributed by atoms with Crippen LogP contribution >= 0.6 is 0 Å². The molecule has 3 rings (SSSR count). The van der Waals surface area contributed by atoms with Crippen molar-refractivity contribution in [3.63, 3.8) is 0 Å². The van der Waals surface area contributed by atoms with E-state index in [1.165, 1.54) is 0 Å². The highest BCUT2D eigenvalue weighted by Crippen LogP contribution is 2.20. The number of nitrogens with two attached hydrogens (primary N) is 1. The topological polar surface area (TPSA) is 90.0 Å². The van der Waals surface area contributed by atoms with Crippen molar-refractivity contribution in [2.45, 2.75) is 19.8 Å². The zero-order chi connectivity index (χ0) is 18.7. The number of nitrogens with one attached hydrogen (secondary N) is 1. The van der Waals surface area contributed by atoms with Gasteiger partial charge in [-0.25, -0.2) is 4.68 Å². The van der Waals surface area contributed by atoms with Crippen LogP contribution in [0.15, 0.2) is 60.7 Å². The molecule has 3 aromatic rings. The molecule has 1 aromatic heterocycles. The minimum absolute atomic E-state index is 0.196. The Balaban J connectivity index is 1.92. The first-order valence-corrected chi connectivity index (χ1v) is 8.32. The number of nitrogens with zero attached hydrogens (tertiary/aromatic N) is 2. The second-order valence-corrected chi connectivity index (χ2v) is 6.25. The molecule has 6 nitrogen and oxygen atoms in total. The highest BCUT2D eigenvalue weighted by Gasteiger charge is 2.18. The molecule has 26 heavy (non-hydrogen) atoms. The van der Waals surface area contributed by atoms with Crippen LogP contribution in [0, 0.1) is 0 Å². The SMILES string of the molecule is CC(C)c1cc(C(=O)Nc2ccc(C(N)=O)cc2)n(-c2ccccc2)n1. The summed E-state index contributed by atoms with van der Waals surface area (Å²) in [5.74, 6) is -0.590. The number of hydrogen-bond acceptors (Lipinski definition) is 3. The van der Waals surface area contributed by atoms with Crippen LogP contribution in [-0.2, 0) is 0 Å². The van der Waals surface area contributed by atoms with Crippen LogP contribution in [0.2, 0.25) is 0 Å². The van der Waals surface area contributed by atoms with Gasteiger partial charge in [-0.15, -0.1) is 0 Å². The summed E-state index contributed by atoms with van der Waals surface area (Å²) in [6.07, 6.45) is 0. The lowest BCUT2D eigenvalue weighted by Crippen LogP contribution is -2.17. The van der Waals surface area contributed by atoms with E-state index in [-0.39, 0.29) is 11.8 Å². The fourth-order valence-corrected chi connectivity index (χ4v) is 2.52. The number of para-hydroxylation sites is 1. The summed E-state index contributed by atoms with van der Waals surface area (Å²) in [6.45, 7) is 4.06. The van der Waals surface area contributed by atoms with Crippen LogP contribution in [-0.4, -0.2) is 21.6 Å². The lowest BCUT2D eigenvalue weighted by atomic mass is 10.1. The van der Waals surface area contributed by atoms with Gasteiger partial charge in [-0.05, 0) is 48.4 Å². The molecule has 0 aliphatic rings. The van der Waals surface area contributed by atoms with Crippen LogP contribution in [0.4, 0.5) is 5.69 Å². The monoisotopic (exact) mass is 348 g/mol. The normalized spacial score (nSPS) is 10.7. The highest BCUT2D eigenvalue weighted by atomic mass is 16.2. The first-order chi connectivity index (χ1) is 12.5. The molecule has 2 aromatic carbocycles. The summed E-state index contributed by atoms with van der Waals surface area (Å²) < 4.78 is 1.64. The van der Waals surface area contributed by atoms with E-state index in [0.29, 0.717) is 16.9 Å².